The lowest BCUT2D eigenvalue weighted by Gasteiger charge is -2.23. The van der Waals surface area contributed by atoms with Crippen molar-refractivity contribution in [2.24, 2.45) is 0 Å². The Balaban J connectivity index is 1.69. The van der Waals surface area contributed by atoms with Gasteiger partial charge in [-0.15, -0.1) is 0 Å². The van der Waals surface area contributed by atoms with E-state index in [9.17, 15) is 24.5 Å². The van der Waals surface area contributed by atoms with Crippen molar-refractivity contribution >= 4 is 23.4 Å². The lowest BCUT2D eigenvalue weighted by molar-refractivity contribution is -0.384. The number of nitrogens with zero attached hydrogens (tertiary/aromatic N) is 4. The van der Waals surface area contributed by atoms with Gasteiger partial charge in [-0.3, -0.25) is 24.5 Å². The number of likely N-dealkylation sites (N-methyl/N-ethyl adjacent to an activating group) is 1. The maximum Gasteiger partial charge on any atom is 0.294 e. The molecule has 1 atom stereocenters. The molecule has 1 saturated heterocycles. The minimum Gasteiger partial charge on any atom is -0.357 e. The SMILES string of the molecule is CNC(=O)C1CCCN1C(=O)CNC(=O)c1ccc(-n2ccnc2)c([N+](=O)[O-])c1. The minimum absolute atomic E-state index is 0.0534. The van der Waals surface area contributed by atoms with Gasteiger partial charge in [-0.25, -0.2) is 4.98 Å². The van der Waals surface area contributed by atoms with E-state index in [0.29, 0.717) is 19.4 Å². The maximum absolute atomic E-state index is 12.4. The number of nitro groups is 1. The molecule has 3 amide bonds. The van der Waals surface area contributed by atoms with Crippen molar-refractivity contribution in [1.29, 1.82) is 0 Å². The summed E-state index contributed by atoms with van der Waals surface area (Å²) < 4.78 is 1.47. The van der Waals surface area contributed by atoms with E-state index in [1.165, 1.54) is 41.2 Å². The highest BCUT2D eigenvalue weighted by molar-refractivity contribution is 5.98. The molecule has 1 fully saturated rings. The third-order valence-electron chi connectivity index (χ3n) is 4.74. The number of rotatable bonds is 6. The second kappa shape index (κ2) is 8.50. The lowest BCUT2D eigenvalue weighted by atomic mass is 10.1. The van der Waals surface area contributed by atoms with Crippen LogP contribution in [0.1, 0.15) is 23.2 Å². The van der Waals surface area contributed by atoms with Gasteiger partial charge in [0.2, 0.25) is 11.8 Å². The number of hydrogen-bond donors (Lipinski definition) is 2. The Labute approximate surface area is 165 Å². The average Bonchev–Trinajstić information content (AvgIpc) is 3.42. The molecule has 0 spiro atoms. The summed E-state index contributed by atoms with van der Waals surface area (Å²) in [5.74, 6) is -1.24. The van der Waals surface area contributed by atoms with E-state index in [4.69, 9.17) is 0 Å². The Morgan fingerprint density at radius 1 is 1.34 bits per heavy atom. The fraction of sp³-hybridized carbons (Fsp3) is 0.333. The molecular weight excluding hydrogens is 380 g/mol. The molecule has 1 aromatic carbocycles. The third kappa shape index (κ3) is 4.23. The standard InChI is InChI=1S/C18H20N6O5/c1-19-18(27)14-3-2-7-23(14)16(25)10-21-17(26)12-4-5-13(15(9-12)24(28)29)22-8-6-20-11-22/h4-6,8-9,11,14H,2-3,7,10H2,1H3,(H,19,27)(H,21,26). The Bertz CT molecular complexity index is 942. The smallest absolute Gasteiger partial charge is 0.294 e. The van der Waals surface area contributed by atoms with Crippen LogP contribution in [0.2, 0.25) is 0 Å². The summed E-state index contributed by atoms with van der Waals surface area (Å²) in [6.45, 7) is 0.140. The number of aromatic nitrogens is 2. The first-order chi connectivity index (χ1) is 13.9. The van der Waals surface area contributed by atoms with Gasteiger partial charge in [0.15, 0.2) is 0 Å². The monoisotopic (exact) mass is 400 g/mol. The van der Waals surface area contributed by atoms with Crippen molar-refractivity contribution in [3.63, 3.8) is 0 Å². The summed E-state index contributed by atoms with van der Waals surface area (Å²) in [6.07, 6.45) is 5.74. The summed E-state index contributed by atoms with van der Waals surface area (Å²) in [7, 11) is 1.51. The zero-order chi connectivity index (χ0) is 21.0. The highest BCUT2D eigenvalue weighted by Gasteiger charge is 2.33. The van der Waals surface area contributed by atoms with E-state index < -0.39 is 16.9 Å². The molecule has 1 unspecified atom stereocenters. The van der Waals surface area contributed by atoms with Crippen molar-refractivity contribution in [2.75, 3.05) is 20.1 Å². The molecular formula is C18H20N6O5. The predicted molar refractivity (Wildman–Crippen MR) is 101 cm³/mol. The molecule has 1 aliphatic rings. The number of nitro benzene ring substituents is 1. The van der Waals surface area contributed by atoms with Gasteiger partial charge >= 0.3 is 0 Å². The molecule has 0 saturated carbocycles. The Morgan fingerprint density at radius 2 is 2.14 bits per heavy atom. The molecule has 2 heterocycles. The summed E-state index contributed by atoms with van der Waals surface area (Å²) in [5, 5.41) is 16.4. The number of hydrogen-bond acceptors (Lipinski definition) is 6. The Morgan fingerprint density at radius 3 is 2.79 bits per heavy atom. The molecule has 2 aromatic rings. The third-order valence-corrected chi connectivity index (χ3v) is 4.74. The first kappa shape index (κ1) is 20.0. The molecule has 11 heteroatoms. The maximum atomic E-state index is 12.4. The lowest BCUT2D eigenvalue weighted by Crippen LogP contribution is -2.48. The zero-order valence-electron chi connectivity index (χ0n) is 15.7. The van der Waals surface area contributed by atoms with E-state index in [2.05, 4.69) is 15.6 Å². The van der Waals surface area contributed by atoms with Crippen LogP contribution in [-0.4, -0.2) is 63.3 Å². The van der Waals surface area contributed by atoms with Crippen molar-refractivity contribution in [3.05, 3.63) is 52.6 Å². The van der Waals surface area contributed by atoms with Gasteiger partial charge in [0, 0.05) is 37.6 Å². The van der Waals surface area contributed by atoms with E-state index in [0.717, 1.165) is 6.07 Å². The van der Waals surface area contributed by atoms with Crippen molar-refractivity contribution < 1.29 is 19.3 Å². The van der Waals surface area contributed by atoms with Gasteiger partial charge in [-0.05, 0) is 25.0 Å². The van der Waals surface area contributed by atoms with Crippen LogP contribution >= 0.6 is 0 Å². The topological polar surface area (TPSA) is 139 Å². The van der Waals surface area contributed by atoms with E-state index in [1.807, 2.05) is 0 Å². The number of imidazole rings is 1. The summed E-state index contributed by atoms with van der Waals surface area (Å²) in [6, 6.07) is 3.49. The van der Waals surface area contributed by atoms with Crippen LogP contribution in [0.15, 0.2) is 36.9 Å². The highest BCUT2D eigenvalue weighted by atomic mass is 16.6. The zero-order valence-corrected chi connectivity index (χ0v) is 15.7. The van der Waals surface area contributed by atoms with Gasteiger partial charge < -0.3 is 20.1 Å². The number of likely N-dealkylation sites (tertiary alicyclic amines) is 1. The van der Waals surface area contributed by atoms with Crippen LogP contribution in [0.3, 0.4) is 0 Å². The number of carbonyl (C=O) groups is 3. The van der Waals surface area contributed by atoms with Gasteiger partial charge in [0.25, 0.3) is 11.6 Å². The van der Waals surface area contributed by atoms with E-state index >= 15 is 0 Å². The van der Waals surface area contributed by atoms with E-state index in [1.54, 1.807) is 6.20 Å². The summed E-state index contributed by atoms with van der Waals surface area (Å²) >= 11 is 0. The van der Waals surface area contributed by atoms with Crippen molar-refractivity contribution in [1.82, 2.24) is 25.1 Å². The van der Waals surface area contributed by atoms with E-state index in [-0.39, 0.29) is 35.3 Å². The molecule has 0 aliphatic carbocycles. The molecule has 2 N–H and O–H groups in total. The fourth-order valence-corrected chi connectivity index (χ4v) is 3.29. The highest BCUT2D eigenvalue weighted by Crippen LogP contribution is 2.24. The van der Waals surface area contributed by atoms with Crippen LogP contribution in [0.5, 0.6) is 0 Å². The van der Waals surface area contributed by atoms with Crippen LogP contribution in [0.4, 0.5) is 5.69 Å². The molecule has 0 radical (unpaired) electrons. The normalized spacial score (nSPS) is 15.8. The second-order valence-electron chi connectivity index (χ2n) is 6.47. The van der Waals surface area contributed by atoms with Crippen molar-refractivity contribution in [2.45, 2.75) is 18.9 Å². The van der Waals surface area contributed by atoms with Gasteiger partial charge in [0.1, 0.15) is 11.7 Å². The van der Waals surface area contributed by atoms with Crippen LogP contribution in [0, 0.1) is 10.1 Å². The largest absolute Gasteiger partial charge is 0.357 e. The number of nitrogens with one attached hydrogen (secondary N) is 2. The first-order valence-corrected chi connectivity index (χ1v) is 8.98. The molecule has 29 heavy (non-hydrogen) atoms. The molecule has 11 nitrogen and oxygen atoms in total. The predicted octanol–water partition coefficient (Wildman–Crippen LogP) is 0.247. The Kier molecular flexibility index (Phi) is 5.86. The number of benzene rings is 1. The quantitative estimate of drug-likeness (QED) is 0.526. The average molecular weight is 400 g/mol. The fourth-order valence-electron chi connectivity index (χ4n) is 3.29. The minimum atomic E-state index is -0.616. The molecule has 1 aromatic heterocycles. The molecule has 152 valence electrons. The summed E-state index contributed by atoms with van der Waals surface area (Å²) in [4.78, 5) is 52.8. The number of carbonyl (C=O) groups excluding carboxylic acids is 3. The second-order valence-corrected chi connectivity index (χ2v) is 6.47. The van der Waals surface area contributed by atoms with Crippen LogP contribution in [-0.2, 0) is 9.59 Å². The molecule has 3 rings (SSSR count). The summed E-state index contributed by atoms with van der Waals surface area (Å²) in [5.41, 5.74) is 0.0597. The van der Waals surface area contributed by atoms with Gasteiger partial charge in [-0.2, -0.15) is 0 Å². The van der Waals surface area contributed by atoms with Crippen molar-refractivity contribution in [3.8, 4) is 5.69 Å². The first-order valence-electron chi connectivity index (χ1n) is 8.98. The molecule has 1 aliphatic heterocycles. The van der Waals surface area contributed by atoms with Gasteiger partial charge in [0.05, 0.1) is 17.8 Å². The van der Waals surface area contributed by atoms with Crippen LogP contribution in [0.25, 0.3) is 5.69 Å². The number of amides is 3. The van der Waals surface area contributed by atoms with Gasteiger partial charge in [-0.1, -0.05) is 0 Å². The Hall–Kier alpha value is -3.76. The van der Waals surface area contributed by atoms with Crippen LogP contribution < -0.4 is 10.6 Å². The molecule has 0 bridgehead atoms.